The highest BCUT2D eigenvalue weighted by Crippen LogP contribution is 2.20. The van der Waals surface area contributed by atoms with Crippen molar-refractivity contribution < 1.29 is 4.79 Å². The average Bonchev–Trinajstić information content (AvgIpc) is 2.94. The number of rotatable bonds is 5. The fourth-order valence-electron chi connectivity index (χ4n) is 3.01. The molecule has 0 radical (unpaired) electrons. The maximum absolute atomic E-state index is 12.5. The van der Waals surface area contributed by atoms with E-state index in [4.69, 9.17) is 0 Å². The van der Waals surface area contributed by atoms with E-state index in [-0.39, 0.29) is 11.8 Å². The zero-order chi connectivity index (χ0) is 16.2. The van der Waals surface area contributed by atoms with Gasteiger partial charge in [0.05, 0.1) is 5.92 Å². The molecule has 3 nitrogen and oxygen atoms in total. The van der Waals surface area contributed by atoms with Gasteiger partial charge >= 0.3 is 0 Å². The van der Waals surface area contributed by atoms with Crippen molar-refractivity contribution in [3.05, 3.63) is 71.4 Å². The van der Waals surface area contributed by atoms with E-state index >= 15 is 0 Å². The Morgan fingerprint density at radius 1 is 1.13 bits per heavy atom. The molecule has 1 heterocycles. The van der Waals surface area contributed by atoms with E-state index in [1.54, 1.807) is 0 Å². The maximum atomic E-state index is 12.5. The van der Waals surface area contributed by atoms with Gasteiger partial charge in [0.25, 0.3) is 0 Å². The summed E-state index contributed by atoms with van der Waals surface area (Å²) in [6.45, 7) is 4.65. The number of carbonyl (C=O) groups excluding carboxylic acids is 1. The smallest absolute Gasteiger partial charge is 0.227 e. The summed E-state index contributed by atoms with van der Waals surface area (Å²) in [5.74, 6) is -0.00141. The second kappa shape index (κ2) is 6.69. The van der Waals surface area contributed by atoms with Crippen LogP contribution in [0.15, 0.2) is 54.6 Å². The number of carbonyl (C=O) groups is 1. The van der Waals surface area contributed by atoms with Crippen molar-refractivity contribution in [2.24, 2.45) is 0 Å². The first-order valence-electron chi connectivity index (χ1n) is 8.08. The highest BCUT2D eigenvalue weighted by Gasteiger charge is 2.17. The average molecular weight is 306 g/mol. The number of aromatic nitrogens is 1. The van der Waals surface area contributed by atoms with Crippen LogP contribution in [0.25, 0.3) is 10.9 Å². The quantitative estimate of drug-likeness (QED) is 0.726. The normalized spacial score (nSPS) is 12.3. The van der Waals surface area contributed by atoms with Crippen LogP contribution in [0.3, 0.4) is 0 Å². The second-order valence-corrected chi connectivity index (χ2v) is 5.96. The number of fused-ring (bicyclic) bond motifs is 1. The van der Waals surface area contributed by atoms with Gasteiger partial charge in [0.2, 0.25) is 5.91 Å². The number of hydrogen-bond donors (Lipinski definition) is 2. The van der Waals surface area contributed by atoms with E-state index in [0.717, 1.165) is 28.8 Å². The third-order valence-corrected chi connectivity index (χ3v) is 4.21. The summed E-state index contributed by atoms with van der Waals surface area (Å²) < 4.78 is 0. The Labute approximate surface area is 136 Å². The predicted molar refractivity (Wildman–Crippen MR) is 94.4 cm³/mol. The Bertz CT molecular complexity index is 805. The molecular formula is C20H22N2O. The van der Waals surface area contributed by atoms with Crippen LogP contribution in [0.2, 0.25) is 0 Å². The number of aromatic amines is 1. The fraction of sp³-hybridized carbons (Fsp3) is 0.250. The van der Waals surface area contributed by atoms with Crippen molar-refractivity contribution in [2.45, 2.75) is 32.7 Å². The van der Waals surface area contributed by atoms with E-state index in [1.807, 2.05) is 44.2 Å². The minimum absolute atomic E-state index is 0.0871. The molecule has 0 aliphatic rings. The molecule has 2 N–H and O–H groups in total. The van der Waals surface area contributed by atoms with Gasteiger partial charge in [0, 0.05) is 17.8 Å². The first-order valence-corrected chi connectivity index (χ1v) is 8.08. The SMILES string of the molecule is CC[C@@H](C(=O)NCc1ccc2[nH]c(C)cc2c1)c1ccccc1. The van der Waals surface area contributed by atoms with Crippen molar-refractivity contribution in [2.75, 3.05) is 0 Å². The summed E-state index contributed by atoms with van der Waals surface area (Å²) >= 11 is 0. The van der Waals surface area contributed by atoms with E-state index in [1.165, 1.54) is 5.39 Å². The van der Waals surface area contributed by atoms with Gasteiger partial charge in [-0.25, -0.2) is 0 Å². The standard InChI is InChI=1S/C20H22N2O/c1-3-18(16-7-5-4-6-8-16)20(23)21-13-15-9-10-19-17(12-15)11-14(2)22-19/h4-12,18,22H,3,13H2,1-2H3,(H,21,23)/t18-/m1/s1. The second-order valence-electron chi connectivity index (χ2n) is 5.96. The Hall–Kier alpha value is -2.55. The topological polar surface area (TPSA) is 44.9 Å². The number of hydrogen-bond acceptors (Lipinski definition) is 1. The van der Waals surface area contributed by atoms with Gasteiger partial charge in [-0.2, -0.15) is 0 Å². The van der Waals surface area contributed by atoms with E-state index in [0.29, 0.717) is 6.54 Å². The van der Waals surface area contributed by atoms with Crippen LogP contribution in [0.1, 0.15) is 36.1 Å². The van der Waals surface area contributed by atoms with Crippen molar-refractivity contribution in [3.8, 4) is 0 Å². The third-order valence-electron chi connectivity index (χ3n) is 4.21. The Morgan fingerprint density at radius 3 is 2.65 bits per heavy atom. The molecule has 3 heteroatoms. The van der Waals surface area contributed by atoms with Crippen molar-refractivity contribution in [3.63, 3.8) is 0 Å². The first kappa shape index (κ1) is 15.3. The molecule has 1 amide bonds. The van der Waals surface area contributed by atoms with E-state index in [9.17, 15) is 4.79 Å². The van der Waals surface area contributed by atoms with Gasteiger partial charge in [-0.3, -0.25) is 4.79 Å². The van der Waals surface area contributed by atoms with E-state index < -0.39 is 0 Å². The predicted octanol–water partition coefficient (Wildman–Crippen LogP) is 4.29. The van der Waals surface area contributed by atoms with Crippen LogP contribution in [0.5, 0.6) is 0 Å². The van der Waals surface area contributed by atoms with Crippen LogP contribution in [-0.2, 0) is 11.3 Å². The molecular weight excluding hydrogens is 284 g/mol. The lowest BCUT2D eigenvalue weighted by Crippen LogP contribution is -2.28. The molecule has 118 valence electrons. The summed E-state index contributed by atoms with van der Waals surface area (Å²) in [4.78, 5) is 15.8. The molecule has 1 aromatic heterocycles. The van der Waals surface area contributed by atoms with Crippen molar-refractivity contribution >= 4 is 16.8 Å². The minimum Gasteiger partial charge on any atom is -0.359 e. The molecule has 23 heavy (non-hydrogen) atoms. The highest BCUT2D eigenvalue weighted by atomic mass is 16.1. The largest absolute Gasteiger partial charge is 0.359 e. The molecule has 0 saturated heterocycles. The summed E-state index contributed by atoms with van der Waals surface area (Å²) in [5.41, 5.74) is 4.47. The number of benzene rings is 2. The van der Waals surface area contributed by atoms with Crippen LogP contribution in [0.4, 0.5) is 0 Å². The van der Waals surface area contributed by atoms with Gasteiger partial charge in [-0.1, -0.05) is 43.3 Å². The van der Waals surface area contributed by atoms with Gasteiger partial charge < -0.3 is 10.3 Å². The van der Waals surface area contributed by atoms with Crippen LogP contribution in [-0.4, -0.2) is 10.9 Å². The van der Waals surface area contributed by atoms with Gasteiger partial charge in [-0.15, -0.1) is 0 Å². The molecule has 2 aromatic carbocycles. The third kappa shape index (κ3) is 3.45. The number of aryl methyl sites for hydroxylation is 1. The van der Waals surface area contributed by atoms with Crippen LogP contribution >= 0.6 is 0 Å². The zero-order valence-electron chi connectivity index (χ0n) is 13.6. The lowest BCUT2D eigenvalue weighted by molar-refractivity contribution is -0.122. The maximum Gasteiger partial charge on any atom is 0.227 e. The van der Waals surface area contributed by atoms with Gasteiger partial charge in [0.1, 0.15) is 0 Å². The molecule has 0 aliphatic heterocycles. The molecule has 1 atom stereocenters. The molecule has 0 saturated carbocycles. The molecule has 0 bridgehead atoms. The fourth-order valence-corrected chi connectivity index (χ4v) is 3.01. The van der Waals surface area contributed by atoms with Gasteiger partial charge in [-0.05, 0) is 48.1 Å². The summed E-state index contributed by atoms with van der Waals surface area (Å²) in [7, 11) is 0. The lowest BCUT2D eigenvalue weighted by Gasteiger charge is -2.15. The Balaban J connectivity index is 1.69. The van der Waals surface area contributed by atoms with Crippen molar-refractivity contribution in [1.29, 1.82) is 0 Å². The summed E-state index contributed by atoms with van der Waals surface area (Å²) in [6.07, 6.45) is 0.798. The molecule has 0 unspecified atom stereocenters. The number of amides is 1. The molecule has 0 aliphatic carbocycles. The molecule has 0 fully saturated rings. The van der Waals surface area contributed by atoms with Gasteiger partial charge in [0.15, 0.2) is 0 Å². The monoisotopic (exact) mass is 306 g/mol. The lowest BCUT2D eigenvalue weighted by atomic mass is 9.95. The Kier molecular flexibility index (Phi) is 4.47. The molecule has 0 spiro atoms. The van der Waals surface area contributed by atoms with E-state index in [2.05, 4.69) is 34.6 Å². The number of H-pyrrole nitrogens is 1. The minimum atomic E-state index is -0.0885. The summed E-state index contributed by atoms with van der Waals surface area (Å²) in [5, 5.41) is 4.26. The Morgan fingerprint density at radius 2 is 1.91 bits per heavy atom. The number of nitrogens with one attached hydrogen (secondary N) is 2. The van der Waals surface area contributed by atoms with Crippen LogP contribution < -0.4 is 5.32 Å². The summed E-state index contributed by atoms with van der Waals surface area (Å²) in [6, 6.07) is 18.3. The highest BCUT2D eigenvalue weighted by molar-refractivity contribution is 5.84. The van der Waals surface area contributed by atoms with Crippen molar-refractivity contribution in [1.82, 2.24) is 10.3 Å². The molecule has 3 aromatic rings. The first-order chi connectivity index (χ1) is 11.2. The zero-order valence-corrected chi connectivity index (χ0v) is 13.6. The van der Waals surface area contributed by atoms with Crippen LogP contribution in [0, 0.1) is 6.92 Å². The molecule has 3 rings (SSSR count).